The maximum absolute atomic E-state index is 11.5. The molecule has 0 aliphatic rings. The van der Waals surface area contributed by atoms with E-state index in [9.17, 15) is 4.79 Å². The van der Waals surface area contributed by atoms with Crippen molar-refractivity contribution >= 4 is 38.3 Å². The van der Waals surface area contributed by atoms with E-state index in [2.05, 4.69) is 40.1 Å². The van der Waals surface area contributed by atoms with E-state index in [-0.39, 0.29) is 5.91 Å². The molecule has 0 fully saturated rings. The zero-order chi connectivity index (χ0) is 12.0. The molecular formula is C11H17BrN2OS. The molecule has 0 spiro atoms. The van der Waals surface area contributed by atoms with Crippen LogP contribution in [0.2, 0.25) is 0 Å². The molecule has 1 rings (SSSR count). The Hall–Kier alpha value is -0.420. The van der Waals surface area contributed by atoms with E-state index < -0.39 is 0 Å². The van der Waals surface area contributed by atoms with E-state index >= 15 is 0 Å². The summed E-state index contributed by atoms with van der Waals surface area (Å²) in [6, 6.07) is 0. The van der Waals surface area contributed by atoms with E-state index in [4.69, 9.17) is 0 Å². The molecule has 1 aromatic rings. The lowest BCUT2D eigenvalue weighted by Crippen LogP contribution is -2.11. The lowest BCUT2D eigenvalue weighted by molar-refractivity contribution is -0.116. The Labute approximate surface area is 109 Å². The third-order valence-electron chi connectivity index (χ3n) is 2.15. The van der Waals surface area contributed by atoms with Crippen molar-refractivity contribution in [2.24, 2.45) is 0 Å². The number of nitrogens with one attached hydrogen (secondary N) is 1. The number of hydrogen-bond acceptors (Lipinski definition) is 3. The number of rotatable bonds is 6. The van der Waals surface area contributed by atoms with Crippen LogP contribution in [0.4, 0.5) is 5.13 Å². The van der Waals surface area contributed by atoms with Crippen LogP contribution in [0.25, 0.3) is 0 Å². The van der Waals surface area contributed by atoms with Gasteiger partial charge in [0.05, 0.1) is 5.69 Å². The molecule has 0 atom stereocenters. The van der Waals surface area contributed by atoms with Crippen LogP contribution in [-0.2, 0) is 4.79 Å². The minimum absolute atomic E-state index is 0.0607. The van der Waals surface area contributed by atoms with Crippen LogP contribution in [0.1, 0.15) is 44.7 Å². The number of carbonyl (C=O) groups excluding carboxylic acids is 1. The lowest BCUT2D eigenvalue weighted by Gasteiger charge is -2.01. The Balaban J connectivity index is 2.37. The highest BCUT2D eigenvalue weighted by Crippen LogP contribution is 2.21. The Morgan fingerprint density at radius 1 is 1.56 bits per heavy atom. The second-order valence-electron chi connectivity index (χ2n) is 3.93. The van der Waals surface area contributed by atoms with Gasteiger partial charge in [-0.25, -0.2) is 4.98 Å². The third-order valence-corrected chi connectivity index (χ3v) is 3.48. The molecule has 1 N–H and O–H groups in total. The molecule has 1 aromatic heterocycles. The summed E-state index contributed by atoms with van der Waals surface area (Å²) in [5.41, 5.74) is 1.04. The molecule has 0 saturated heterocycles. The number of nitrogens with zero attached hydrogens (tertiary/aromatic N) is 1. The predicted molar refractivity (Wildman–Crippen MR) is 72.5 cm³/mol. The van der Waals surface area contributed by atoms with Crippen LogP contribution in [0.3, 0.4) is 0 Å². The molecule has 1 heterocycles. The first-order valence-electron chi connectivity index (χ1n) is 5.44. The van der Waals surface area contributed by atoms with Crippen LogP contribution in [0.5, 0.6) is 0 Å². The standard InChI is InChI=1S/C11H17BrN2OS/c1-8(2)9-7-16-11(13-9)14-10(15)5-3-4-6-12/h7-8H,3-6H2,1-2H3,(H,13,14,15). The van der Waals surface area contributed by atoms with Crippen molar-refractivity contribution in [2.75, 3.05) is 10.6 Å². The first kappa shape index (κ1) is 13.6. The quantitative estimate of drug-likeness (QED) is 0.642. The molecule has 0 saturated carbocycles. The normalized spacial score (nSPS) is 10.8. The molecule has 5 heteroatoms. The van der Waals surface area contributed by atoms with E-state index in [1.165, 1.54) is 11.3 Å². The van der Waals surface area contributed by atoms with E-state index in [0.29, 0.717) is 17.5 Å². The van der Waals surface area contributed by atoms with Gasteiger partial charge in [0.15, 0.2) is 5.13 Å². The summed E-state index contributed by atoms with van der Waals surface area (Å²) in [7, 11) is 0. The smallest absolute Gasteiger partial charge is 0.226 e. The van der Waals surface area contributed by atoms with Gasteiger partial charge < -0.3 is 5.32 Å². The second kappa shape index (κ2) is 7.01. The lowest BCUT2D eigenvalue weighted by atomic mass is 10.2. The topological polar surface area (TPSA) is 42.0 Å². The van der Waals surface area contributed by atoms with Crippen molar-refractivity contribution in [2.45, 2.75) is 39.0 Å². The van der Waals surface area contributed by atoms with Crippen molar-refractivity contribution in [1.29, 1.82) is 0 Å². The van der Waals surface area contributed by atoms with Gasteiger partial charge in [0.1, 0.15) is 0 Å². The molecule has 0 aromatic carbocycles. The van der Waals surface area contributed by atoms with Gasteiger partial charge in [-0.3, -0.25) is 4.79 Å². The van der Waals surface area contributed by atoms with Crippen LogP contribution < -0.4 is 5.32 Å². The first-order valence-corrected chi connectivity index (χ1v) is 7.45. The summed E-state index contributed by atoms with van der Waals surface area (Å²) in [5.74, 6) is 0.473. The van der Waals surface area contributed by atoms with Crippen molar-refractivity contribution in [3.8, 4) is 0 Å². The Kier molecular flexibility index (Phi) is 5.98. The molecule has 0 aliphatic carbocycles. The van der Waals surface area contributed by atoms with Crippen molar-refractivity contribution in [3.05, 3.63) is 11.1 Å². The summed E-state index contributed by atoms with van der Waals surface area (Å²) in [4.78, 5) is 15.9. The summed E-state index contributed by atoms with van der Waals surface area (Å²) in [6.45, 7) is 4.19. The monoisotopic (exact) mass is 304 g/mol. The number of anilines is 1. The first-order chi connectivity index (χ1) is 7.63. The SMILES string of the molecule is CC(C)c1csc(NC(=O)CCCCBr)n1. The van der Waals surface area contributed by atoms with Crippen LogP contribution in [0, 0.1) is 0 Å². The number of aromatic nitrogens is 1. The second-order valence-corrected chi connectivity index (χ2v) is 5.58. The van der Waals surface area contributed by atoms with Crippen molar-refractivity contribution < 1.29 is 4.79 Å². The summed E-state index contributed by atoms with van der Waals surface area (Å²) >= 11 is 4.84. The van der Waals surface area contributed by atoms with Crippen molar-refractivity contribution in [3.63, 3.8) is 0 Å². The zero-order valence-electron chi connectivity index (χ0n) is 9.62. The molecule has 3 nitrogen and oxygen atoms in total. The van der Waals surface area contributed by atoms with Gasteiger partial charge >= 0.3 is 0 Å². The minimum Gasteiger partial charge on any atom is -0.302 e. The van der Waals surface area contributed by atoms with Gasteiger partial charge in [-0.15, -0.1) is 11.3 Å². The van der Waals surface area contributed by atoms with Gasteiger partial charge in [-0.1, -0.05) is 29.8 Å². The highest BCUT2D eigenvalue weighted by molar-refractivity contribution is 9.09. The largest absolute Gasteiger partial charge is 0.302 e. The predicted octanol–water partition coefficient (Wildman–Crippen LogP) is 3.77. The maximum Gasteiger partial charge on any atom is 0.226 e. The molecule has 0 radical (unpaired) electrons. The number of halogens is 1. The van der Waals surface area contributed by atoms with Gasteiger partial charge in [-0.05, 0) is 18.8 Å². The molecule has 16 heavy (non-hydrogen) atoms. The third kappa shape index (κ3) is 4.61. The Morgan fingerprint density at radius 3 is 2.88 bits per heavy atom. The fourth-order valence-electron chi connectivity index (χ4n) is 1.17. The fourth-order valence-corrected chi connectivity index (χ4v) is 2.46. The van der Waals surface area contributed by atoms with Gasteiger partial charge in [0.25, 0.3) is 0 Å². The van der Waals surface area contributed by atoms with Gasteiger partial charge in [0, 0.05) is 17.1 Å². The summed E-state index contributed by atoms with van der Waals surface area (Å²) in [6.07, 6.45) is 2.52. The summed E-state index contributed by atoms with van der Waals surface area (Å²) < 4.78 is 0. The average molecular weight is 305 g/mol. The van der Waals surface area contributed by atoms with Gasteiger partial charge in [-0.2, -0.15) is 0 Å². The molecule has 0 aliphatic heterocycles. The molecule has 1 amide bonds. The molecule has 90 valence electrons. The molecular weight excluding hydrogens is 288 g/mol. The Bertz CT molecular complexity index is 338. The fraction of sp³-hybridized carbons (Fsp3) is 0.636. The molecule has 0 unspecified atom stereocenters. The van der Waals surface area contributed by atoms with E-state index in [1.54, 1.807) is 0 Å². The Morgan fingerprint density at radius 2 is 2.31 bits per heavy atom. The van der Waals surface area contributed by atoms with E-state index in [0.717, 1.165) is 23.9 Å². The summed E-state index contributed by atoms with van der Waals surface area (Å²) in [5, 5.41) is 6.50. The van der Waals surface area contributed by atoms with E-state index in [1.807, 2.05) is 5.38 Å². The highest BCUT2D eigenvalue weighted by atomic mass is 79.9. The van der Waals surface area contributed by atoms with Crippen LogP contribution in [0.15, 0.2) is 5.38 Å². The maximum atomic E-state index is 11.5. The molecule has 0 bridgehead atoms. The number of unbranched alkanes of at least 4 members (excludes halogenated alkanes) is 1. The zero-order valence-corrected chi connectivity index (χ0v) is 12.0. The van der Waals surface area contributed by atoms with Crippen LogP contribution >= 0.6 is 27.3 Å². The van der Waals surface area contributed by atoms with Gasteiger partial charge in [0.2, 0.25) is 5.91 Å². The average Bonchev–Trinajstić information content (AvgIpc) is 2.66. The number of amides is 1. The number of thiazole rings is 1. The van der Waals surface area contributed by atoms with Crippen molar-refractivity contribution in [1.82, 2.24) is 4.98 Å². The number of alkyl halides is 1. The number of hydrogen-bond donors (Lipinski definition) is 1. The highest BCUT2D eigenvalue weighted by Gasteiger charge is 2.08. The van der Waals surface area contributed by atoms with Crippen LogP contribution in [-0.4, -0.2) is 16.2 Å². The minimum atomic E-state index is 0.0607. The number of carbonyl (C=O) groups is 1.